The molecule has 1 aromatic heterocycles. The molecule has 5 heteroatoms. The molecule has 0 spiro atoms. The van der Waals surface area contributed by atoms with Gasteiger partial charge in [0.15, 0.2) is 0 Å². The van der Waals surface area contributed by atoms with Gasteiger partial charge in [0.25, 0.3) is 5.91 Å². The number of hydrogen-bond acceptors (Lipinski definition) is 3. The molecular weight excluding hydrogens is 268 g/mol. The lowest BCUT2D eigenvalue weighted by atomic mass is 9.99. The number of aromatic nitrogens is 1. The summed E-state index contributed by atoms with van der Waals surface area (Å²) in [5.74, 6) is -1.33. The SMILES string of the molecule is Cc1cc(C)c(C(=O)Nc2ccc(C(=O)O)nc2)c(C)c1. The maximum Gasteiger partial charge on any atom is 0.354 e. The summed E-state index contributed by atoms with van der Waals surface area (Å²) in [4.78, 5) is 26.8. The van der Waals surface area contributed by atoms with Crippen LogP contribution in [-0.2, 0) is 0 Å². The van der Waals surface area contributed by atoms with E-state index in [0.717, 1.165) is 16.7 Å². The highest BCUT2D eigenvalue weighted by Crippen LogP contribution is 2.18. The Morgan fingerprint density at radius 1 is 1.10 bits per heavy atom. The Morgan fingerprint density at radius 3 is 2.19 bits per heavy atom. The molecule has 21 heavy (non-hydrogen) atoms. The average molecular weight is 284 g/mol. The largest absolute Gasteiger partial charge is 0.477 e. The number of hydrogen-bond donors (Lipinski definition) is 2. The van der Waals surface area contributed by atoms with Crippen molar-refractivity contribution in [1.82, 2.24) is 4.98 Å². The van der Waals surface area contributed by atoms with E-state index >= 15 is 0 Å². The number of pyridine rings is 1. The topological polar surface area (TPSA) is 79.3 Å². The van der Waals surface area contributed by atoms with Crippen molar-refractivity contribution < 1.29 is 14.7 Å². The van der Waals surface area contributed by atoms with Crippen LogP contribution in [0.2, 0.25) is 0 Å². The van der Waals surface area contributed by atoms with Gasteiger partial charge in [0.1, 0.15) is 5.69 Å². The zero-order valence-electron chi connectivity index (χ0n) is 12.1. The second-order valence-corrected chi connectivity index (χ2v) is 4.97. The van der Waals surface area contributed by atoms with Crippen LogP contribution in [0.25, 0.3) is 0 Å². The molecule has 2 N–H and O–H groups in total. The summed E-state index contributed by atoms with van der Waals surface area (Å²) in [6.45, 7) is 5.76. The Kier molecular flexibility index (Phi) is 4.03. The van der Waals surface area contributed by atoms with Crippen molar-refractivity contribution in [2.24, 2.45) is 0 Å². The molecule has 0 unspecified atom stereocenters. The van der Waals surface area contributed by atoms with E-state index in [9.17, 15) is 9.59 Å². The van der Waals surface area contributed by atoms with Crippen LogP contribution in [0.5, 0.6) is 0 Å². The Morgan fingerprint density at radius 2 is 1.71 bits per heavy atom. The van der Waals surface area contributed by atoms with Gasteiger partial charge in [0.05, 0.1) is 11.9 Å². The molecule has 0 bridgehead atoms. The lowest BCUT2D eigenvalue weighted by Gasteiger charge is -2.11. The first kappa shape index (κ1) is 14.7. The van der Waals surface area contributed by atoms with Gasteiger partial charge in [-0.3, -0.25) is 4.79 Å². The van der Waals surface area contributed by atoms with Gasteiger partial charge >= 0.3 is 5.97 Å². The van der Waals surface area contributed by atoms with E-state index in [1.54, 1.807) is 0 Å². The normalized spacial score (nSPS) is 10.2. The van der Waals surface area contributed by atoms with Crippen LogP contribution >= 0.6 is 0 Å². The summed E-state index contributed by atoms with van der Waals surface area (Å²) >= 11 is 0. The first-order valence-electron chi connectivity index (χ1n) is 6.47. The quantitative estimate of drug-likeness (QED) is 0.908. The first-order chi connectivity index (χ1) is 9.88. The fourth-order valence-corrected chi connectivity index (χ4v) is 2.33. The van der Waals surface area contributed by atoms with Gasteiger partial charge < -0.3 is 10.4 Å². The molecule has 1 heterocycles. The lowest BCUT2D eigenvalue weighted by molar-refractivity contribution is 0.0690. The number of rotatable bonds is 3. The number of aryl methyl sites for hydroxylation is 3. The molecule has 0 saturated heterocycles. The summed E-state index contributed by atoms with van der Waals surface area (Å²) < 4.78 is 0. The molecule has 1 aromatic carbocycles. The Balaban J connectivity index is 2.24. The number of amides is 1. The highest BCUT2D eigenvalue weighted by atomic mass is 16.4. The highest BCUT2D eigenvalue weighted by molar-refractivity contribution is 6.06. The van der Waals surface area contributed by atoms with Crippen molar-refractivity contribution >= 4 is 17.6 Å². The van der Waals surface area contributed by atoms with Gasteiger partial charge in [0.2, 0.25) is 0 Å². The smallest absolute Gasteiger partial charge is 0.354 e. The number of carbonyl (C=O) groups is 2. The molecule has 0 aliphatic rings. The number of nitrogens with one attached hydrogen (secondary N) is 1. The van der Waals surface area contributed by atoms with Gasteiger partial charge in [-0.2, -0.15) is 0 Å². The highest BCUT2D eigenvalue weighted by Gasteiger charge is 2.13. The zero-order chi connectivity index (χ0) is 15.6. The second kappa shape index (κ2) is 5.75. The van der Waals surface area contributed by atoms with Crippen LogP contribution in [0.15, 0.2) is 30.5 Å². The molecule has 0 saturated carbocycles. The number of anilines is 1. The molecule has 0 aliphatic heterocycles. The van der Waals surface area contributed by atoms with Gasteiger partial charge in [-0.05, 0) is 44.0 Å². The van der Waals surface area contributed by atoms with Crippen molar-refractivity contribution in [3.05, 3.63) is 58.4 Å². The molecular formula is C16H16N2O3. The number of nitrogens with zero attached hydrogens (tertiary/aromatic N) is 1. The summed E-state index contributed by atoms with van der Waals surface area (Å²) in [5, 5.41) is 11.5. The number of carboxylic acids is 1. The van der Waals surface area contributed by atoms with Crippen molar-refractivity contribution in [1.29, 1.82) is 0 Å². The monoisotopic (exact) mass is 284 g/mol. The van der Waals surface area contributed by atoms with Crippen molar-refractivity contribution in [2.75, 3.05) is 5.32 Å². The molecule has 108 valence electrons. The molecule has 5 nitrogen and oxygen atoms in total. The van der Waals surface area contributed by atoms with Crippen LogP contribution in [0.3, 0.4) is 0 Å². The Bertz CT molecular complexity index is 683. The minimum absolute atomic E-state index is 0.0595. The van der Waals surface area contributed by atoms with Gasteiger partial charge in [0, 0.05) is 5.56 Å². The number of carbonyl (C=O) groups excluding carboxylic acids is 1. The Labute approximate surface area is 122 Å². The predicted octanol–water partition coefficient (Wildman–Crippen LogP) is 2.96. The van der Waals surface area contributed by atoms with E-state index in [2.05, 4.69) is 10.3 Å². The maximum atomic E-state index is 12.3. The average Bonchev–Trinajstić information content (AvgIpc) is 2.37. The van der Waals surface area contributed by atoms with Gasteiger partial charge in [-0.25, -0.2) is 9.78 Å². The minimum atomic E-state index is -1.10. The van der Waals surface area contributed by atoms with Crippen molar-refractivity contribution in [2.45, 2.75) is 20.8 Å². The standard InChI is InChI=1S/C16H16N2O3/c1-9-6-10(2)14(11(3)7-9)15(19)18-12-4-5-13(16(20)21)17-8-12/h4-8H,1-3H3,(H,18,19)(H,20,21). The van der Waals surface area contributed by atoms with E-state index in [1.807, 2.05) is 32.9 Å². The van der Waals surface area contributed by atoms with Crippen LogP contribution in [0.4, 0.5) is 5.69 Å². The third-order valence-corrected chi connectivity index (χ3v) is 3.14. The van der Waals surface area contributed by atoms with Gasteiger partial charge in [-0.1, -0.05) is 17.7 Å². The molecule has 2 aromatic rings. The number of benzene rings is 1. The molecule has 0 aliphatic carbocycles. The van der Waals surface area contributed by atoms with Crippen LogP contribution in [-0.4, -0.2) is 22.0 Å². The minimum Gasteiger partial charge on any atom is -0.477 e. The van der Waals surface area contributed by atoms with Crippen LogP contribution in [0.1, 0.15) is 37.5 Å². The Hall–Kier alpha value is -2.69. The fourth-order valence-electron chi connectivity index (χ4n) is 2.33. The number of aromatic carboxylic acids is 1. The summed E-state index contributed by atoms with van der Waals surface area (Å²) in [5.41, 5.74) is 3.94. The van der Waals surface area contributed by atoms with Crippen LogP contribution in [0, 0.1) is 20.8 Å². The zero-order valence-corrected chi connectivity index (χ0v) is 12.1. The summed E-state index contributed by atoms with van der Waals surface area (Å²) in [7, 11) is 0. The van der Waals surface area contributed by atoms with E-state index in [0.29, 0.717) is 11.3 Å². The molecule has 2 rings (SSSR count). The van der Waals surface area contributed by atoms with E-state index in [-0.39, 0.29) is 11.6 Å². The summed E-state index contributed by atoms with van der Waals surface area (Å²) in [6, 6.07) is 6.78. The predicted molar refractivity (Wildman–Crippen MR) is 79.8 cm³/mol. The third kappa shape index (κ3) is 3.25. The fraction of sp³-hybridized carbons (Fsp3) is 0.188. The second-order valence-electron chi connectivity index (χ2n) is 4.97. The summed E-state index contributed by atoms with van der Waals surface area (Å²) in [6.07, 6.45) is 1.33. The van der Waals surface area contributed by atoms with E-state index in [4.69, 9.17) is 5.11 Å². The first-order valence-corrected chi connectivity index (χ1v) is 6.47. The molecule has 0 fully saturated rings. The van der Waals surface area contributed by atoms with E-state index in [1.165, 1.54) is 18.3 Å². The maximum absolute atomic E-state index is 12.3. The van der Waals surface area contributed by atoms with Crippen molar-refractivity contribution in [3.63, 3.8) is 0 Å². The third-order valence-electron chi connectivity index (χ3n) is 3.14. The van der Waals surface area contributed by atoms with E-state index < -0.39 is 5.97 Å². The number of carboxylic acid groups (broad SMARTS) is 1. The van der Waals surface area contributed by atoms with Crippen molar-refractivity contribution in [3.8, 4) is 0 Å². The molecule has 0 atom stereocenters. The lowest BCUT2D eigenvalue weighted by Crippen LogP contribution is -2.15. The van der Waals surface area contributed by atoms with Gasteiger partial charge in [-0.15, -0.1) is 0 Å². The van der Waals surface area contributed by atoms with Crippen LogP contribution < -0.4 is 5.32 Å². The molecule has 1 amide bonds. The molecule has 0 radical (unpaired) electrons.